The van der Waals surface area contributed by atoms with Crippen LogP contribution in [0.2, 0.25) is 0 Å². The second kappa shape index (κ2) is 2.95. The number of rotatable bonds is 3. The van der Waals surface area contributed by atoms with Crippen molar-refractivity contribution in [2.75, 3.05) is 11.5 Å². The van der Waals surface area contributed by atoms with Gasteiger partial charge in [0.2, 0.25) is 0 Å². The van der Waals surface area contributed by atoms with Crippen molar-refractivity contribution in [3.05, 3.63) is 0 Å². The van der Waals surface area contributed by atoms with E-state index in [1.807, 2.05) is 0 Å². The van der Waals surface area contributed by atoms with Gasteiger partial charge in [0.25, 0.3) is 0 Å². The van der Waals surface area contributed by atoms with Gasteiger partial charge in [0.1, 0.15) is 0 Å². The van der Waals surface area contributed by atoms with Gasteiger partial charge in [0, 0.05) is 0 Å². The molecular weight excluding hydrogens is 204 g/mol. The van der Waals surface area contributed by atoms with Crippen molar-refractivity contribution < 1.29 is 18.3 Å². The zero-order chi connectivity index (χ0) is 10.4. The minimum Gasteiger partial charge on any atom is -0.481 e. The molecule has 0 spiro atoms. The molecule has 5 heteroatoms. The molecule has 0 amide bonds. The SMILES string of the molecule is O=C(O)CC1(C2CCS(=O)(=O)C2)CC1. The fourth-order valence-electron chi connectivity index (χ4n) is 2.47. The Morgan fingerprint density at radius 1 is 1.43 bits per heavy atom. The maximum absolute atomic E-state index is 11.3. The lowest BCUT2D eigenvalue weighted by Gasteiger charge is -2.18. The van der Waals surface area contributed by atoms with Gasteiger partial charge in [0.15, 0.2) is 9.84 Å². The third kappa shape index (κ3) is 1.78. The summed E-state index contributed by atoms with van der Waals surface area (Å²) in [5, 5.41) is 8.73. The molecule has 1 aliphatic heterocycles. The molecule has 2 fully saturated rings. The van der Waals surface area contributed by atoms with Gasteiger partial charge in [0.05, 0.1) is 17.9 Å². The first-order chi connectivity index (χ1) is 6.44. The summed E-state index contributed by atoms with van der Waals surface area (Å²) in [5.74, 6) is -0.241. The zero-order valence-corrected chi connectivity index (χ0v) is 8.72. The number of carboxylic acid groups (broad SMARTS) is 1. The molecule has 1 heterocycles. The summed E-state index contributed by atoms with van der Waals surface area (Å²) in [6.45, 7) is 0. The predicted octanol–water partition coefficient (Wildman–Crippen LogP) is 0.676. The molecule has 4 nitrogen and oxygen atoms in total. The molecule has 1 unspecified atom stereocenters. The van der Waals surface area contributed by atoms with E-state index in [4.69, 9.17) is 5.11 Å². The first kappa shape index (κ1) is 9.96. The summed E-state index contributed by atoms with van der Waals surface area (Å²) in [4.78, 5) is 10.6. The van der Waals surface area contributed by atoms with Crippen molar-refractivity contribution in [3.63, 3.8) is 0 Å². The van der Waals surface area contributed by atoms with E-state index in [1.165, 1.54) is 0 Å². The van der Waals surface area contributed by atoms with Gasteiger partial charge in [-0.3, -0.25) is 4.79 Å². The van der Waals surface area contributed by atoms with E-state index in [0.29, 0.717) is 6.42 Å². The van der Waals surface area contributed by atoms with Crippen LogP contribution in [0, 0.1) is 11.3 Å². The molecule has 1 saturated heterocycles. The Labute approximate surface area is 83.2 Å². The van der Waals surface area contributed by atoms with E-state index in [2.05, 4.69) is 0 Å². The lowest BCUT2D eigenvalue weighted by Crippen LogP contribution is -2.20. The van der Waals surface area contributed by atoms with Crippen molar-refractivity contribution in [2.45, 2.75) is 25.7 Å². The van der Waals surface area contributed by atoms with E-state index < -0.39 is 15.8 Å². The number of carbonyl (C=O) groups is 1. The number of carboxylic acids is 1. The average Bonchev–Trinajstić information content (AvgIpc) is 2.69. The maximum Gasteiger partial charge on any atom is 0.303 e. The van der Waals surface area contributed by atoms with Gasteiger partial charge in [-0.1, -0.05) is 0 Å². The van der Waals surface area contributed by atoms with E-state index >= 15 is 0 Å². The van der Waals surface area contributed by atoms with Crippen LogP contribution < -0.4 is 0 Å². The van der Waals surface area contributed by atoms with Crippen LogP contribution in [0.5, 0.6) is 0 Å². The highest BCUT2D eigenvalue weighted by molar-refractivity contribution is 7.91. The summed E-state index contributed by atoms with van der Waals surface area (Å²) < 4.78 is 22.5. The topological polar surface area (TPSA) is 71.4 Å². The molecule has 0 radical (unpaired) electrons. The van der Waals surface area contributed by atoms with Gasteiger partial charge < -0.3 is 5.11 Å². The van der Waals surface area contributed by atoms with E-state index in [1.54, 1.807) is 0 Å². The minimum absolute atomic E-state index is 0.101. The minimum atomic E-state index is -2.87. The van der Waals surface area contributed by atoms with Crippen molar-refractivity contribution in [2.24, 2.45) is 11.3 Å². The molecule has 1 saturated carbocycles. The van der Waals surface area contributed by atoms with Gasteiger partial charge in [-0.2, -0.15) is 0 Å². The fourth-order valence-corrected chi connectivity index (χ4v) is 4.41. The fraction of sp³-hybridized carbons (Fsp3) is 0.889. The Balaban J connectivity index is 2.06. The Hall–Kier alpha value is -0.580. The van der Waals surface area contributed by atoms with Gasteiger partial charge >= 0.3 is 5.97 Å². The molecule has 1 atom stereocenters. The quantitative estimate of drug-likeness (QED) is 0.756. The molecule has 2 aliphatic rings. The van der Waals surface area contributed by atoms with Crippen LogP contribution >= 0.6 is 0 Å². The second-order valence-corrected chi connectivity index (χ2v) is 6.76. The Kier molecular flexibility index (Phi) is 2.10. The molecule has 14 heavy (non-hydrogen) atoms. The van der Waals surface area contributed by atoms with E-state index in [-0.39, 0.29) is 29.3 Å². The molecule has 1 aliphatic carbocycles. The van der Waals surface area contributed by atoms with Crippen LogP contribution in [0.4, 0.5) is 0 Å². The average molecular weight is 218 g/mol. The number of hydrogen-bond donors (Lipinski definition) is 1. The van der Waals surface area contributed by atoms with Gasteiger partial charge in [-0.05, 0) is 30.6 Å². The largest absolute Gasteiger partial charge is 0.481 e. The van der Waals surface area contributed by atoms with Crippen molar-refractivity contribution >= 4 is 15.8 Å². The van der Waals surface area contributed by atoms with Gasteiger partial charge in [-0.25, -0.2) is 8.42 Å². The number of aliphatic carboxylic acids is 1. The Morgan fingerprint density at radius 3 is 2.43 bits per heavy atom. The van der Waals surface area contributed by atoms with Crippen LogP contribution in [-0.4, -0.2) is 31.0 Å². The van der Waals surface area contributed by atoms with Crippen molar-refractivity contribution in [3.8, 4) is 0 Å². The first-order valence-corrected chi connectivity index (χ1v) is 6.68. The third-order valence-electron chi connectivity index (χ3n) is 3.49. The van der Waals surface area contributed by atoms with Crippen molar-refractivity contribution in [1.82, 2.24) is 0 Å². The molecule has 0 aromatic carbocycles. The standard InChI is InChI=1S/C9H14O4S/c10-8(11)5-9(2-3-9)7-1-4-14(12,13)6-7/h7H,1-6H2,(H,10,11). The monoisotopic (exact) mass is 218 g/mol. The molecule has 2 rings (SSSR count). The molecule has 80 valence electrons. The maximum atomic E-state index is 11.3. The second-order valence-electron chi connectivity index (χ2n) is 4.53. The van der Waals surface area contributed by atoms with Crippen LogP contribution in [0.1, 0.15) is 25.7 Å². The molecule has 0 aromatic heterocycles. The lowest BCUT2D eigenvalue weighted by atomic mass is 9.86. The smallest absolute Gasteiger partial charge is 0.303 e. The van der Waals surface area contributed by atoms with Crippen LogP contribution in [0.3, 0.4) is 0 Å². The highest BCUT2D eigenvalue weighted by Gasteiger charge is 2.53. The summed E-state index contributed by atoms with van der Waals surface area (Å²) in [7, 11) is -2.87. The summed E-state index contributed by atoms with van der Waals surface area (Å²) >= 11 is 0. The third-order valence-corrected chi connectivity index (χ3v) is 5.26. The summed E-state index contributed by atoms with van der Waals surface area (Å²) in [5.41, 5.74) is -0.171. The van der Waals surface area contributed by atoms with Crippen molar-refractivity contribution in [1.29, 1.82) is 0 Å². The molecule has 0 aromatic rings. The summed E-state index contributed by atoms with van der Waals surface area (Å²) in [6, 6.07) is 0. The predicted molar refractivity (Wildman–Crippen MR) is 50.7 cm³/mol. The Bertz CT molecular complexity index is 353. The first-order valence-electron chi connectivity index (χ1n) is 4.86. The van der Waals surface area contributed by atoms with Crippen LogP contribution in [0.15, 0.2) is 0 Å². The van der Waals surface area contributed by atoms with Gasteiger partial charge in [-0.15, -0.1) is 0 Å². The van der Waals surface area contributed by atoms with E-state index in [9.17, 15) is 13.2 Å². The molecule has 1 N–H and O–H groups in total. The normalized spacial score (nSPS) is 32.7. The molecule has 0 bridgehead atoms. The number of hydrogen-bond acceptors (Lipinski definition) is 3. The van der Waals surface area contributed by atoms with Crippen LogP contribution in [0.25, 0.3) is 0 Å². The lowest BCUT2D eigenvalue weighted by molar-refractivity contribution is -0.138. The highest BCUT2D eigenvalue weighted by Crippen LogP contribution is 2.57. The number of sulfone groups is 1. The van der Waals surface area contributed by atoms with E-state index in [0.717, 1.165) is 12.8 Å². The molecular formula is C9H14O4S. The summed E-state index contributed by atoms with van der Waals surface area (Å²) in [6.07, 6.45) is 2.59. The highest BCUT2D eigenvalue weighted by atomic mass is 32.2. The zero-order valence-electron chi connectivity index (χ0n) is 7.90. The van der Waals surface area contributed by atoms with Crippen LogP contribution in [-0.2, 0) is 14.6 Å². The Morgan fingerprint density at radius 2 is 2.07 bits per heavy atom.